The van der Waals surface area contributed by atoms with Crippen LogP contribution in [0.4, 0.5) is 0 Å². The summed E-state index contributed by atoms with van der Waals surface area (Å²) in [6, 6.07) is 0. The molecule has 0 bridgehead atoms. The van der Waals surface area contributed by atoms with Crippen LogP contribution in [-0.2, 0) is 0 Å². The van der Waals surface area contributed by atoms with Crippen molar-refractivity contribution in [3.05, 3.63) is 0 Å². The van der Waals surface area contributed by atoms with E-state index in [-0.39, 0.29) is 6.61 Å². The number of nitrogens with zero attached hydrogens (tertiary/aromatic N) is 1. The molecular formula is C34H74NO+. The average molecular weight is 513 g/mol. The molecule has 0 radical (unpaired) electrons. The normalized spacial score (nSPS) is 11.5. The Morgan fingerprint density at radius 1 is 0.306 bits per heavy atom. The van der Waals surface area contributed by atoms with Crippen LogP contribution in [0.15, 0.2) is 0 Å². The van der Waals surface area contributed by atoms with Crippen molar-refractivity contribution in [1.29, 1.82) is 0 Å². The summed E-state index contributed by atoms with van der Waals surface area (Å²) in [7, 11) is 0. The van der Waals surface area contributed by atoms with Gasteiger partial charge >= 0.3 is 0 Å². The molecular weight excluding hydrogens is 438 g/mol. The fraction of sp³-hybridized carbons (Fsp3) is 1.00. The highest BCUT2D eigenvalue weighted by atomic mass is 16.2. The van der Waals surface area contributed by atoms with E-state index in [4.69, 9.17) is 5.11 Å². The van der Waals surface area contributed by atoms with Crippen molar-refractivity contribution in [3.8, 4) is 0 Å². The van der Waals surface area contributed by atoms with Gasteiger partial charge < -0.3 is 9.59 Å². The third kappa shape index (κ3) is 28.5. The number of hydrogen-bond acceptors (Lipinski definition) is 1. The van der Waals surface area contributed by atoms with Gasteiger partial charge in [-0.15, -0.1) is 0 Å². The van der Waals surface area contributed by atoms with Gasteiger partial charge in [0.25, 0.3) is 0 Å². The zero-order valence-electron chi connectivity index (χ0n) is 26.4. The summed E-state index contributed by atoms with van der Waals surface area (Å²) in [6.45, 7) is 17.2. The topological polar surface area (TPSA) is 20.2 Å². The molecule has 0 aliphatic rings. The number of rotatable bonds is 28. The Morgan fingerprint density at radius 2 is 0.472 bits per heavy atom. The van der Waals surface area contributed by atoms with Gasteiger partial charge in [0.1, 0.15) is 0 Å². The molecule has 0 aliphatic carbocycles. The summed E-state index contributed by atoms with van der Waals surface area (Å²) < 4.78 is 1.47. The number of aliphatic hydroxyl groups excluding tert-OH is 1. The van der Waals surface area contributed by atoms with Crippen LogP contribution in [0.3, 0.4) is 0 Å². The summed E-state index contributed by atoms with van der Waals surface area (Å²) >= 11 is 0. The maximum atomic E-state index is 7.57. The Kier molecular flexibility index (Phi) is 34.8. The Hall–Kier alpha value is -0.0800. The Labute approximate surface area is 231 Å². The van der Waals surface area contributed by atoms with Gasteiger partial charge in [-0.3, -0.25) is 0 Å². The number of quaternary nitrogens is 1. The van der Waals surface area contributed by atoms with Crippen LogP contribution >= 0.6 is 0 Å². The predicted molar refractivity (Wildman–Crippen MR) is 166 cm³/mol. The van der Waals surface area contributed by atoms with Gasteiger partial charge in [0, 0.05) is 6.61 Å². The molecule has 2 heteroatoms. The molecule has 0 aromatic carbocycles. The lowest BCUT2D eigenvalue weighted by Gasteiger charge is -2.39. The lowest BCUT2D eigenvalue weighted by molar-refractivity contribution is -0.929. The van der Waals surface area contributed by atoms with Crippen LogP contribution < -0.4 is 0 Å². The van der Waals surface area contributed by atoms with E-state index in [1.54, 1.807) is 6.92 Å². The van der Waals surface area contributed by atoms with Crippen LogP contribution in [0.1, 0.15) is 189 Å². The molecule has 0 spiro atoms. The first-order valence-electron chi connectivity index (χ1n) is 17.1. The minimum atomic E-state index is 0.250. The molecule has 0 aromatic heterocycles. The van der Waals surface area contributed by atoms with Gasteiger partial charge in [0.05, 0.1) is 26.2 Å². The molecule has 0 saturated carbocycles. The highest BCUT2D eigenvalue weighted by Gasteiger charge is 2.25. The Bertz CT molecular complexity index is 339. The highest BCUT2D eigenvalue weighted by Crippen LogP contribution is 2.20. The van der Waals surface area contributed by atoms with Gasteiger partial charge in [-0.25, -0.2) is 0 Å². The minimum absolute atomic E-state index is 0.250. The molecule has 0 rings (SSSR count). The largest absolute Gasteiger partial charge is 0.397 e. The van der Waals surface area contributed by atoms with Crippen LogP contribution in [0.2, 0.25) is 0 Å². The van der Waals surface area contributed by atoms with Gasteiger partial charge in [0.15, 0.2) is 0 Å². The van der Waals surface area contributed by atoms with E-state index in [2.05, 4.69) is 27.7 Å². The lowest BCUT2D eigenvalue weighted by Crippen LogP contribution is -2.50. The summed E-state index contributed by atoms with van der Waals surface area (Å²) in [5.74, 6) is 0. The van der Waals surface area contributed by atoms with E-state index in [0.717, 1.165) is 0 Å². The minimum Gasteiger partial charge on any atom is -0.397 e. The maximum absolute atomic E-state index is 7.57. The summed E-state index contributed by atoms with van der Waals surface area (Å²) in [5.41, 5.74) is 0. The summed E-state index contributed by atoms with van der Waals surface area (Å²) in [6.07, 6.45) is 34.8. The first kappa shape index (κ1) is 38.1. The van der Waals surface area contributed by atoms with Crippen molar-refractivity contribution in [2.75, 3.05) is 32.8 Å². The van der Waals surface area contributed by atoms with E-state index in [0.29, 0.717) is 0 Å². The molecule has 0 unspecified atom stereocenters. The molecule has 0 saturated heterocycles. The molecule has 0 amide bonds. The molecule has 0 aromatic rings. The van der Waals surface area contributed by atoms with Gasteiger partial charge in [0.2, 0.25) is 0 Å². The lowest BCUT2D eigenvalue weighted by atomic mass is 10.0. The van der Waals surface area contributed by atoms with Crippen molar-refractivity contribution >= 4 is 0 Å². The van der Waals surface area contributed by atoms with Crippen molar-refractivity contribution in [2.45, 2.75) is 189 Å². The average Bonchev–Trinajstić information content (AvgIpc) is 2.88. The van der Waals surface area contributed by atoms with Crippen molar-refractivity contribution < 1.29 is 9.59 Å². The molecule has 0 atom stereocenters. The fourth-order valence-electron chi connectivity index (χ4n) is 5.58. The molecule has 0 heterocycles. The highest BCUT2D eigenvalue weighted by molar-refractivity contribution is 4.54. The fourth-order valence-corrected chi connectivity index (χ4v) is 5.58. The standard InChI is InChI=1S/C32H68N.C2H6O/c1-5-9-13-17-18-19-20-21-22-23-24-28-32-33(29-25-14-10-6-2,30-26-15-11-7-3)31-27-16-12-8-4;1-2-3/h5-32H2,1-4H3;3H,2H2,1H3/q+1;. The molecule has 0 aliphatic heterocycles. The number of hydrogen-bond donors (Lipinski definition) is 1. The smallest absolute Gasteiger partial charge is 0.0786 e. The van der Waals surface area contributed by atoms with Crippen molar-refractivity contribution in [1.82, 2.24) is 0 Å². The Balaban J connectivity index is 0. The van der Waals surface area contributed by atoms with Crippen molar-refractivity contribution in [2.24, 2.45) is 0 Å². The quantitative estimate of drug-likeness (QED) is 0.0816. The predicted octanol–water partition coefficient (Wildman–Crippen LogP) is 11.2. The first-order valence-corrected chi connectivity index (χ1v) is 17.1. The van der Waals surface area contributed by atoms with Gasteiger partial charge in [-0.1, -0.05) is 130 Å². The van der Waals surface area contributed by atoms with Crippen LogP contribution in [0.5, 0.6) is 0 Å². The molecule has 220 valence electrons. The second-order valence-corrected chi connectivity index (χ2v) is 11.6. The number of aliphatic hydroxyl groups is 1. The monoisotopic (exact) mass is 513 g/mol. The van der Waals surface area contributed by atoms with Crippen LogP contribution in [0.25, 0.3) is 0 Å². The molecule has 36 heavy (non-hydrogen) atoms. The second kappa shape index (κ2) is 32.9. The van der Waals surface area contributed by atoms with Crippen LogP contribution in [0, 0.1) is 0 Å². The van der Waals surface area contributed by atoms with E-state index >= 15 is 0 Å². The van der Waals surface area contributed by atoms with Crippen molar-refractivity contribution in [3.63, 3.8) is 0 Å². The van der Waals surface area contributed by atoms with E-state index < -0.39 is 0 Å². The number of unbranched alkanes of at least 4 members (excludes halogenated alkanes) is 20. The zero-order valence-corrected chi connectivity index (χ0v) is 26.4. The Morgan fingerprint density at radius 3 is 0.694 bits per heavy atom. The third-order valence-electron chi connectivity index (χ3n) is 7.94. The van der Waals surface area contributed by atoms with Crippen LogP contribution in [-0.4, -0.2) is 42.4 Å². The van der Waals surface area contributed by atoms with E-state index in [1.807, 2.05) is 0 Å². The van der Waals surface area contributed by atoms with E-state index in [1.165, 1.54) is 185 Å². The van der Waals surface area contributed by atoms with Gasteiger partial charge in [-0.2, -0.15) is 0 Å². The second-order valence-electron chi connectivity index (χ2n) is 11.6. The van der Waals surface area contributed by atoms with Gasteiger partial charge in [-0.05, 0) is 58.3 Å². The SMILES string of the molecule is CCCCCCCCCCCCCC[N+](CCCCCC)(CCCCCC)CCCCCC.CCO. The maximum Gasteiger partial charge on any atom is 0.0786 e. The first-order chi connectivity index (χ1) is 17.7. The molecule has 2 nitrogen and oxygen atoms in total. The molecule has 1 N–H and O–H groups in total. The summed E-state index contributed by atoms with van der Waals surface area (Å²) in [4.78, 5) is 0. The summed E-state index contributed by atoms with van der Waals surface area (Å²) in [5, 5.41) is 7.57. The third-order valence-corrected chi connectivity index (χ3v) is 7.94. The zero-order chi connectivity index (χ0) is 27.0. The molecule has 0 fully saturated rings. The van der Waals surface area contributed by atoms with E-state index in [9.17, 15) is 0 Å².